The van der Waals surface area contributed by atoms with Crippen LogP contribution < -0.4 is 10.6 Å². The highest BCUT2D eigenvalue weighted by Crippen LogP contribution is 2.35. The van der Waals surface area contributed by atoms with E-state index in [2.05, 4.69) is 38.3 Å². The summed E-state index contributed by atoms with van der Waals surface area (Å²) in [6.07, 6.45) is 3.34. The van der Waals surface area contributed by atoms with Gasteiger partial charge >= 0.3 is 0 Å². The van der Waals surface area contributed by atoms with Crippen LogP contribution in [0.15, 0.2) is 18.2 Å². The van der Waals surface area contributed by atoms with Crippen molar-refractivity contribution in [1.29, 1.82) is 0 Å². The zero-order chi connectivity index (χ0) is 21.3. The fourth-order valence-corrected chi connectivity index (χ4v) is 3.95. The first-order valence-corrected chi connectivity index (χ1v) is 10.3. The highest BCUT2D eigenvalue weighted by atomic mass is 16.2. The van der Waals surface area contributed by atoms with Crippen molar-refractivity contribution < 1.29 is 19.2 Å². The van der Waals surface area contributed by atoms with E-state index < -0.39 is 23.8 Å². The number of unbranched alkanes of at least 4 members (excludes halogenated alkanes) is 1. The van der Waals surface area contributed by atoms with Gasteiger partial charge in [0.05, 0.1) is 11.1 Å². The summed E-state index contributed by atoms with van der Waals surface area (Å²) in [4.78, 5) is 50.9. The highest BCUT2D eigenvalue weighted by molar-refractivity contribution is 6.25. The molecule has 0 spiro atoms. The standard InChI is InChI=1S/C22H29N3O4/c1-5-6-10-16(22(2,3)4)23-14-9-7-8-13-18(14)21(29)25(20(13)28)15-11-12-17(26)24-19(15)27/h7-9,15-16,23H,5-6,10-12H2,1-4H3,(H,24,26,27). The number of carbonyl (C=O) groups is 4. The molecule has 1 aromatic carbocycles. The van der Waals surface area contributed by atoms with Gasteiger partial charge in [0.1, 0.15) is 6.04 Å². The number of hydrogen-bond donors (Lipinski definition) is 2. The maximum Gasteiger partial charge on any atom is 0.264 e. The largest absolute Gasteiger partial charge is 0.381 e. The number of nitrogens with zero attached hydrogens (tertiary/aromatic N) is 1. The molecule has 7 heteroatoms. The van der Waals surface area contributed by atoms with Gasteiger partial charge in [-0.1, -0.05) is 46.6 Å². The van der Waals surface area contributed by atoms with Crippen LogP contribution >= 0.6 is 0 Å². The molecule has 0 bridgehead atoms. The molecule has 0 radical (unpaired) electrons. The Morgan fingerprint density at radius 1 is 1.17 bits per heavy atom. The molecule has 0 aromatic heterocycles. The summed E-state index contributed by atoms with van der Waals surface area (Å²) < 4.78 is 0. The summed E-state index contributed by atoms with van der Waals surface area (Å²) in [6, 6.07) is 4.35. The lowest BCUT2D eigenvalue weighted by atomic mass is 9.83. The predicted octanol–water partition coefficient (Wildman–Crippen LogP) is 3.10. The summed E-state index contributed by atoms with van der Waals surface area (Å²) >= 11 is 0. The van der Waals surface area contributed by atoms with Crippen molar-refractivity contribution in [3.63, 3.8) is 0 Å². The predicted molar refractivity (Wildman–Crippen MR) is 110 cm³/mol. The third kappa shape index (κ3) is 4.04. The van der Waals surface area contributed by atoms with Gasteiger partial charge in [0.25, 0.3) is 11.8 Å². The van der Waals surface area contributed by atoms with Gasteiger partial charge in [0, 0.05) is 18.2 Å². The lowest BCUT2D eigenvalue weighted by Crippen LogP contribution is -2.54. The molecule has 2 atom stereocenters. The molecule has 1 saturated heterocycles. The van der Waals surface area contributed by atoms with Crippen LogP contribution in [0.5, 0.6) is 0 Å². The number of fused-ring (bicyclic) bond motifs is 1. The zero-order valence-electron chi connectivity index (χ0n) is 17.5. The van der Waals surface area contributed by atoms with Gasteiger partial charge in [-0.3, -0.25) is 29.4 Å². The molecular formula is C22H29N3O4. The van der Waals surface area contributed by atoms with E-state index in [1.807, 2.05) is 6.07 Å². The van der Waals surface area contributed by atoms with E-state index in [0.29, 0.717) is 16.8 Å². The molecule has 3 rings (SSSR count). The van der Waals surface area contributed by atoms with Gasteiger partial charge in [-0.2, -0.15) is 0 Å². The molecule has 2 aliphatic rings. The zero-order valence-corrected chi connectivity index (χ0v) is 17.5. The minimum atomic E-state index is -0.952. The number of piperidine rings is 1. The van der Waals surface area contributed by atoms with E-state index in [4.69, 9.17) is 0 Å². The van der Waals surface area contributed by atoms with Crippen molar-refractivity contribution >= 4 is 29.3 Å². The first-order valence-electron chi connectivity index (χ1n) is 10.3. The fourth-order valence-electron chi connectivity index (χ4n) is 3.95. The van der Waals surface area contributed by atoms with E-state index in [0.717, 1.165) is 24.2 Å². The highest BCUT2D eigenvalue weighted by Gasteiger charge is 2.45. The molecule has 0 aliphatic carbocycles. The van der Waals surface area contributed by atoms with Crippen molar-refractivity contribution in [3.05, 3.63) is 29.3 Å². The minimum Gasteiger partial charge on any atom is -0.381 e. The molecule has 7 nitrogen and oxygen atoms in total. The van der Waals surface area contributed by atoms with Crippen molar-refractivity contribution in [2.75, 3.05) is 5.32 Å². The fraction of sp³-hybridized carbons (Fsp3) is 0.545. The van der Waals surface area contributed by atoms with Crippen LogP contribution in [-0.4, -0.2) is 40.6 Å². The summed E-state index contributed by atoms with van der Waals surface area (Å²) in [6.45, 7) is 8.57. The second kappa shape index (κ2) is 7.97. The van der Waals surface area contributed by atoms with Gasteiger partial charge in [-0.05, 0) is 30.4 Å². The monoisotopic (exact) mass is 399 g/mol. The van der Waals surface area contributed by atoms with Crippen LogP contribution in [0, 0.1) is 5.41 Å². The number of imide groups is 2. The third-order valence-corrected chi connectivity index (χ3v) is 5.69. The Bertz CT molecular complexity index is 856. The Morgan fingerprint density at radius 2 is 1.90 bits per heavy atom. The SMILES string of the molecule is CCCCC(Nc1cccc2c1C(=O)N(C1CCC(=O)NC1=O)C2=O)C(C)(C)C. The van der Waals surface area contributed by atoms with Crippen LogP contribution in [0.1, 0.15) is 80.5 Å². The third-order valence-electron chi connectivity index (χ3n) is 5.69. The van der Waals surface area contributed by atoms with Crippen molar-refractivity contribution in [2.45, 2.75) is 71.9 Å². The molecule has 1 fully saturated rings. The molecule has 2 aliphatic heterocycles. The van der Waals surface area contributed by atoms with E-state index in [9.17, 15) is 19.2 Å². The van der Waals surface area contributed by atoms with Gasteiger partial charge in [-0.25, -0.2) is 0 Å². The molecule has 2 heterocycles. The van der Waals surface area contributed by atoms with Gasteiger partial charge in [0.15, 0.2) is 0 Å². The Balaban J connectivity index is 1.92. The van der Waals surface area contributed by atoms with E-state index in [1.165, 1.54) is 0 Å². The van der Waals surface area contributed by atoms with Crippen LogP contribution in [-0.2, 0) is 9.59 Å². The molecule has 4 amide bonds. The number of hydrogen-bond acceptors (Lipinski definition) is 5. The minimum absolute atomic E-state index is 0.0349. The molecule has 1 aromatic rings. The Morgan fingerprint density at radius 3 is 2.52 bits per heavy atom. The Labute approximate surface area is 171 Å². The second-order valence-electron chi connectivity index (χ2n) is 8.88. The first kappa shape index (κ1) is 21.0. The summed E-state index contributed by atoms with van der Waals surface area (Å²) in [5.41, 5.74) is 1.19. The topological polar surface area (TPSA) is 95.6 Å². The van der Waals surface area contributed by atoms with Gasteiger partial charge in [0.2, 0.25) is 11.8 Å². The molecule has 2 unspecified atom stereocenters. The maximum atomic E-state index is 13.2. The number of benzene rings is 1. The van der Waals surface area contributed by atoms with Crippen LogP contribution in [0.2, 0.25) is 0 Å². The van der Waals surface area contributed by atoms with E-state index >= 15 is 0 Å². The lowest BCUT2D eigenvalue weighted by molar-refractivity contribution is -0.136. The first-order chi connectivity index (χ1) is 13.6. The Kier molecular flexibility index (Phi) is 5.78. The van der Waals surface area contributed by atoms with Crippen LogP contribution in [0.4, 0.5) is 5.69 Å². The molecule has 0 saturated carbocycles. The Hall–Kier alpha value is -2.70. The molecule has 2 N–H and O–H groups in total. The number of anilines is 1. The normalized spacial score (nSPS) is 20.6. The summed E-state index contributed by atoms with van der Waals surface area (Å²) in [5.74, 6) is -1.94. The number of rotatable bonds is 6. The quantitative estimate of drug-likeness (QED) is 0.717. The van der Waals surface area contributed by atoms with E-state index in [-0.39, 0.29) is 30.2 Å². The van der Waals surface area contributed by atoms with E-state index in [1.54, 1.807) is 12.1 Å². The van der Waals surface area contributed by atoms with Crippen LogP contribution in [0.25, 0.3) is 0 Å². The van der Waals surface area contributed by atoms with Gasteiger partial charge in [-0.15, -0.1) is 0 Å². The smallest absolute Gasteiger partial charge is 0.264 e. The number of amides is 4. The average molecular weight is 399 g/mol. The number of carbonyl (C=O) groups excluding carboxylic acids is 4. The van der Waals surface area contributed by atoms with Crippen molar-refractivity contribution in [3.8, 4) is 0 Å². The second-order valence-corrected chi connectivity index (χ2v) is 8.88. The van der Waals surface area contributed by atoms with Gasteiger partial charge < -0.3 is 5.32 Å². The maximum absolute atomic E-state index is 13.2. The molecular weight excluding hydrogens is 370 g/mol. The van der Waals surface area contributed by atoms with Crippen molar-refractivity contribution in [1.82, 2.24) is 10.2 Å². The molecule has 29 heavy (non-hydrogen) atoms. The summed E-state index contributed by atoms with van der Waals surface area (Å²) in [7, 11) is 0. The number of nitrogens with one attached hydrogen (secondary N) is 2. The lowest BCUT2D eigenvalue weighted by Gasteiger charge is -2.33. The van der Waals surface area contributed by atoms with Crippen molar-refractivity contribution in [2.24, 2.45) is 5.41 Å². The molecule has 156 valence electrons. The van der Waals surface area contributed by atoms with Crippen LogP contribution in [0.3, 0.4) is 0 Å². The summed E-state index contributed by atoms with van der Waals surface area (Å²) in [5, 5.41) is 5.72. The average Bonchev–Trinajstić information content (AvgIpc) is 2.90.